The fourth-order valence-corrected chi connectivity index (χ4v) is 2.18. The zero-order valence-corrected chi connectivity index (χ0v) is 11.3. The maximum atomic E-state index is 11.7. The van der Waals surface area contributed by atoms with Crippen LogP contribution in [-0.4, -0.2) is 10.4 Å². The fraction of sp³-hybridized carbons (Fsp3) is 0.333. The topological polar surface area (TPSA) is 67.2 Å². The molecule has 18 heavy (non-hydrogen) atoms. The molecule has 0 unspecified atom stereocenters. The van der Waals surface area contributed by atoms with Crippen LogP contribution in [0.5, 0.6) is 0 Å². The van der Waals surface area contributed by atoms with Crippen molar-refractivity contribution in [3.8, 4) is 0 Å². The maximum Gasteiger partial charge on any atom is 0.320 e. The molecule has 0 aliphatic heterocycles. The predicted octanol–water partition coefficient (Wildman–Crippen LogP) is 3.24. The SMILES string of the molecule is Cc1cc(NC(=O)N[C@@H](C)c2ccc(C)o2)sn1. The lowest BCUT2D eigenvalue weighted by Gasteiger charge is -2.11. The number of nitrogens with one attached hydrogen (secondary N) is 2. The molecule has 0 aromatic carbocycles. The monoisotopic (exact) mass is 265 g/mol. The van der Waals surface area contributed by atoms with Crippen LogP contribution >= 0.6 is 11.5 Å². The van der Waals surface area contributed by atoms with E-state index >= 15 is 0 Å². The molecular formula is C12H15N3O2S. The lowest BCUT2D eigenvalue weighted by Crippen LogP contribution is -2.30. The van der Waals surface area contributed by atoms with Gasteiger partial charge in [0.05, 0.1) is 11.7 Å². The van der Waals surface area contributed by atoms with Crippen LogP contribution in [0.2, 0.25) is 0 Å². The standard InChI is InChI=1S/C12H15N3O2S/c1-7-6-11(18-15-7)14-12(16)13-9(3)10-5-4-8(2)17-10/h4-6,9H,1-3H3,(H2,13,14,16)/t9-/m0/s1. The average molecular weight is 265 g/mol. The second-order valence-corrected chi connectivity index (χ2v) is 4.91. The molecule has 2 N–H and O–H groups in total. The van der Waals surface area contributed by atoms with Crippen molar-refractivity contribution in [2.45, 2.75) is 26.8 Å². The molecule has 0 spiro atoms. The third-order valence-corrected chi connectivity index (χ3v) is 3.20. The Morgan fingerprint density at radius 3 is 2.78 bits per heavy atom. The first-order valence-corrected chi connectivity index (χ1v) is 6.39. The van der Waals surface area contributed by atoms with Gasteiger partial charge in [0.2, 0.25) is 0 Å². The van der Waals surface area contributed by atoms with Gasteiger partial charge >= 0.3 is 6.03 Å². The number of carbonyl (C=O) groups is 1. The second kappa shape index (κ2) is 5.22. The van der Waals surface area contributed by atoms with Crippen molar-refractivity contribution >= 4 is 22.6 Å². The minimum atomic E-state index is -0.264. The van der Waals surface area contributed by atoms with Gasteiger partial charge in [-0.25, -0.2) is 4.79 Å². The van der Waals surface area contributed by atoms with Gasteiger partial charge in [-0.2, -0.15) is 4.37 Å². The van der Waals surface area contributed by atoms with Crippen LogP contribution in [0.1, 0.15) is 30.2 Å². The first-order chi connectivity index (χ1) is 8.54. The summed E-state index contributed by atoms with van der Waals surface area (Å²) >= 11 is 1.26. The highest BCUT2D eigenvalue weighted by atomic mass is 32.1. The molecule has 0 radical (unpaired) electrons. The molecular weight excluding hydrogens is 250 g/mol. The quantitative estimate of drug-likeness (QED) is 0.895. The van der Waals surface area contributed by atoms with Crippen LogP contribution in [0.3, 0.4) is 0 Å². The molecule has 2 aromatic rings. The summed E-state index contributed by atoms with van der Waals surface area (Å²) < 4.78 is 9.54. The van der Waals surface area contributed by atoms with Crippen molar-refractivity contribution in [3.63, 3.8) is 0 Å². The van der Waals surface area contributed by atoms with Crippen molar-refractivity contribution in [2.24, 2.45) is 0 Å². The second-order valence-electron chi connectivity index (χ2n) is 4.10. The van der Waals surface area contributed by atoms with E-state index in [0.717, 1.165) is 22.2 Å². The molecule has 0 bridgehead atoms. The highest BCUT2D eigenvalue weighted by Crippen LogP contribution is 2.17. The highest BCUT2D eigenvalue weighted by Gasteiger charge is 2.13. The van der Waals surface area contributed by atoms with Crippen molar-refractivity contribution in [2.75, 3.05) is 5.32 Å². The Balaban J connectivity index is 1.91. The van der Waals surface area contributed by atoms with Gasteiger partial charge in [0.1, 0.15) is 16.5 Å². The zero-order chi connectivity index (χ0) is 13.1. The molecule has 0 aliphatic rings. The predicted molar refractivity (Wildman–Crippen MR) is 70.9 cm³/mol. The van der Waals surface area contributed by atoms with Crippen LogP contribution < -0.4 is 10.6 Å². The van der Waals surface area contributed by atoms with Gasteiger partial charge in [-0.3, -0.25) is 5.32 Å². The fourth-order valence-electron chi connectivity index (χ4n) is 1.52. The number of hydrogen-bond donors (Lipinski definition) is 2. The minimum Gasteiger partial charge on any atom is -0.464 e. The molecule has 2 amide bonds. The molecule has 0 saturated carbocycles. The molecule has 1 atom stereocenters. The maximum absolute atomic E-state index is 11.7. The molecule has 0 fully saturated rings. The Hall–Kier alpha value is -1.82. The number of aryl methyl sites for hydroxylation is 2. The van der Waals surface area contributed by atoms with Gasteiger partial charge < -0.3 is 9.73 Å². The van der Waals surface area contributed by atoms with Crippen molar-refractivity contribution < 1.29 is 9.21 Å². The number of rotatable bonds is 3. The van der Waals surface area contributed by atoms with Gasteiger partial charge in [0, 0.05) is 0 Å². The van der Waals surface area contributed by atoms with E-state index in [1.54, 1.807) is 0 Å². The molecule has 6 heteroatoms. The summed E-state index contributed by atoms with van der Waals surface area (Å²) in [6.07, 6.45) is 0. The van der Waals surface area contributed by atoms with Gasteiger partial charge in [0.25, 0.3) is 0 Å². The summed E-state index contributed by atoms with van der Waals surface area (Å²) in [6.45, 7) is 5.62. The first-order valence-electron chi connectivity index (χ1n) is 5.62. The normalized spacial score (nSPS) is 12.2. The number of aromatic nitrogens is 1. The molecule has 2 rings (SSSR count). The largest absolute Gasteiger partial charge is 0.464 e. The number of hydrogen-bond acceptors (Lipinski definition) is 4. The van der Waals surface area contributed by atoms with Crippen molar-refractivity contribution in [1.82, 2.24) is 9.69 Å². The van der Waals surface area contributed by atoms with Crippen molar-refractivity contribution in [3.05, 3.63) is 35.4 Å². The smallest absolute Gasteiger partial charge is 0.320 e. The molecule has 2 aromatic heterocycles. The number of furan rings is 1. The highest BCUT2D eigenvalue weighted by molar-refractivity contribution is 7.10. The summed E-state index contributed by atoms with van der Waals surface area (Å²) in [5, 5.41) is 6.27. The Labute approximate surface area is 109 Å². The molecule has 5 nitrogen and oxygen atoms in total. The van der Waals surface area contributed by atoms with E-state index < -0.39 is 0 Å². The van der Waals surface area contributed by atoms with Crippen LogP contribution in [0.4, 0.5) is 9.80 Å². The number of anilines is 1. The van der Waals surface area contributed by atoms with Crippen LogP contribution in [0.25, 0.3) is 0 Å². The van der Waals surface area contributed by atoms with E-state index in [1.165, 1.54) is 11.5 Å². The summed E-state index contributed by atoms with van der Waals surface area (Å²) in [4.78, 5) is 11.7. The summed E-state index contributed by atoms with van der Waals surface area (Å²) in [5.41, 5.74) is 0.894. The van der Waals surface area contributed by atoms with Crippen LogP contribution in [0, 0.1) is 13.8 Å². The van der Waals surface area contributed by atoms with Gasteiger partial charge in [-0.05, 0) is 50.5 Å². The number of urea groups is 1. The summed E-state index contributed by atoms with van der Waals surface area (Å²) in [7, 11) is 0. The Morgan fingerprint density at radius 2 is 2.22 bits per heavy atom. The van der Waals surface area contributed by atoms with Crippen LogP contribution in [0.15, 0.2) is 22.6 Å². The Kier molecular flexibility index (Phi) is 3.66. The van der Waals surface area contributed by atoms with E-state index in [9.17, 15) is 4.79 Å². The van der Waals surface area contributed by atoms with Crippen molar-refractivity contribution in [1.29, 1.82) is 0 Å². The first kappa shape index (κ1) is 12.6. The summed E-state index contributed by atoms with van der Waals surface area (Å²) in [5.74, 6) is 1.57. The van der Waals surface area contributed by atoms with E-state index in [0.29, 0.717) is 0 Å². The Bertz CT molecular complexity index is 547. The zero-order valence-electron chi connectivity index (χ0n) is 10.5. The minimum absolute atomic E-state index is 0.173. The molecule has 0 saturated heterocycles. The summed E-state index contributed by atoms with van der Waals surface area (Å²) in [6, 6.07) is 5.12. The number of nitrogens with zero attached hydrogens (tertiary/aromatic N) is 1. The number of carbonyl (C=O) groups excluding carboxylic acids is 1. The third-order valence-electron chi connectivity index (χ3n) is 2.40. The third kappa shape index (κ3) is 3.10. The van der Waals surface area contributed by atoms with Gasteiger partial charge in [-0.1, -0.05) is 0 Å². The lowest BCUT2D eigenvalue weighted by molar-refractivity contribution is 0.247. The van der Waals surface area contributed by atoms with Gasteiger partial charge in [-0.15, -0.1) is 0 Å². The molecule has 96 valence electrons. The van der Waals surface area contributed by atoms with Crippen LogP contribution in [-0.2, 0) is 0 Å². The van der Waals surface area contributed by atoms with E-state index in [-0.39, 0.29) is 12.1 Å². The van der Waals surface area contributed by atoms with E-state index in [2.05, 4.69) is 15.0 Å². The van der Waals surface area contributed by atoms with E-state index in [1.807, 2.05) is 39.0 Å². The Morgan fingerprint density at radius 1 is 1.44 bits per heavy atom. The van der Waals surface area contributed by atoms with E-state index in [4.69, 9.17) is 4.42 Å². The molecule has 0 aliphatic carbocycles. The molecule has 2 heterocycles. The lowest BCUT2D eigenvalue weighted by atomic mass is 10.2. The van der Waals surface area contributed by atoms with Gasteiger partial charge in [0.15, 0.2) is 0 Å². The average Bonchev–Trinajstić information content (AvgIpc) is 2.87. The number of amides is 2.